The molecule has 3 heterocycles. The lowest BCUT2D eigenvalue weighted by Crippen LogP contribution is -2.25. The number of aromatic nitrogens is 5. The van der Waals surface area contributed by atoms with Crippen molar-refractivity contribution in [3.05, 3.63) is 72.6 Å². The van der Waals surface area contributed by atoms with E-state index in [1.807, 2.05) is 36.4 Å². The van der Waals surface area contributed by atoms with Crippen molar-refractivity contribution in [2.45, 2.75) is 6.54 Å². The number of hydrogen-bond donors (Lipinski definition) is 2. The number of H-pyrrole nitrogens is 1. The third-order valence-electron chi connectivity index (χ3n) is 3.64. The van der Waals surface area contributed by atoms with Crippen LogP contribution in [0.2, 0.25) is 0 Å². The molecule has 24 heavy (non-hydrogen) atoms. The molecule has 0 unspecified atom stereocenters. The Morgan fingerprint density at radius 2 is 2.04 bits per heavy atom. The van der Waals surface area contributed by atoms with Crippen molar-refractivity contribution < 1.29 is 4.79 Å². The number of hydrogen-bond acceptors (Lipinski definition) is 4. The van der Waals surface area contributed by atoms with E-state index in [2.05, 4.69) is 25.3 Å². The van der Waals surface area contributed by atoms with Gasteiger partial charge in [-0.15, -0.1) is 0 Å². The topological polar surface area (TPSA) is 88.5 Å². The number of amides is 1. The number of aromatic amines is 1. The van der Waals surface area contributed by atoms with E-state index in [4.69, 9.17) is 0 Å². The first kappa shape index (κ1) is 14.1. The molecule has 0 saturated carbocycles. The molecule has 0 bridgehead atoms. The smallest absolute Gasteiger partial charge is 0.272 e. The number of imidazole rings is 1. The van der Waals surface area contributed by atoms with Gasteiger partial charge in [0.15, 0.2) is 5.69 Å². The largest absolute Gasteiger partial charge is 0.358 e. The van der Waals surface area contributed by atoms with Crippen LogP contribution in [-0.4, -0.2) is 30.4 Å². The molecule has 7 nitrogen and oxygen atoms in total. The van der Waals surface area contributed by atoms with Crippen molar-refractivity contribution in [2.75, 3.05) is 0 Å². The molecule has 0 fully saturated rings. The maximum absolute atomic E-state index is 12.6. The lowest BCUT2D eigenvalue weighted by molar-refractivity contribution is 0.0947. The number of carbonyl (C=O) groups is 1. The van der Waals surface area contributed by atoms with Crippen LogP contribution in [-0.2, 0) is 6.54 Å². The third kappa shape index (κ3) is 2.63. The van der Waals surface area contributed by atoms with Crippen LogP contribution in [0.3, 0.4) is 0 Å². The lowest BCUT2D eigenvalue weighted by atomic mass is 10.2. The van der Waals surface area contributed by atoms with Gasteiger partial charge in [0.1, 0.15) is 6.33 Å². The highest BCUT2D eigenvalue weighted by atomic mass is 16.1. The number of carbonyl (C=O) groups excluding carboxylic acids is 1. The van der Waals surface area contributed by atoms with E-state index in [0.29, 0.717) is 29.2 Å². The molecule has 0 aliphatic heterocycles. The Labute approximate surface area is 137 Å². The quantitative estimate of drug-likeness (QED) is 0.603. The molecule has 4 aromatic rings. The van der Waals surface area contributed by atoms with Crippen LogP contribution < -0.4 is 5.32 Å². The van der Waals surface area contributed by atoms with Gasteiger partial charge in [-0.3, -0.25) is 9.36 Å². The molecule has 0 aliphatic carbocycles. The Balaban J connectivity index is 1.67. The summed E-state index contributed by atoms with van der Waals surface area (Å²) in [7, 11) is 0. The summed E-state index contributed by atoms with van der Waals surface area (Å²) in [5.41, 5.74) is 2.63. The van der Waals surface area contributed by atoms with Gasteiger partial charge in [-0.1, -0.05) is 30.3 Å². The number of rotatable bonds is 4. The van der Waals surface area contributed by atoms with E-state index >= 15 is 0 Å². The molecular formula is C17H14N6O. The van der Waals surface area contributed by atoms with E-state index in [-0.39, 0.29) is 5.91 Å². The second-order valence-electron chi connectivity index (χ2n) is 5.25. The molecule has 0 aliphatic rings. The van der Waals surface area contributed by atoms with E-state index < -0.39 is 0 Å². The van der Waals surface area contributed by atoms with Gasteiger partial charge >= 0.3 is 0 Å². The third-order valence-corrected chi connectivity index (χ3v) is 3.64. The van der Waals surface area contributed by atoms with Crippen LogP contribution >= 0.6 is 0 Å². The highest BCUT2D eigenvalue weighted by Gasteiger charge is 2.16. The molecule has 2 N–H and O–H groups in total. The van der Waals surface area contributed by atoms with Gasteiger partial charge in [-0.05, 0) is 11.6 Å². The summed E-state index contributed by atoms with van der Waals surface area (Å²) in [6.07, 6.45) is 6.71. The first-order valence-corrected chi connectivity index (χ1v) is 7.47. The van der Waals surface area contributed by atoms with Gasteiger partial charge < -0.3 is 10.3 Å². The van der Waals surface area contributed by atoms with Crippen LogP contribution in [0.25, 0.3) is 17.0 Å². The Kier molecular flexibility index (Phi) is 3.51. The highest BCUT2D eigenvalue weighted by Crippen LogP contribution is 2.16. The predicted octanol–water partition coefficient (Wildman–Crippen LogP) is 2.07. The predicted molar refractivity (Wildman–Crippen MR) is 88.6 cm³/mol. The fourth-order valence-electron chi connectivity index (χ4n) is 2.45. The van der Waals surface area contributed by atoms with Crippen LogP contribution in [0, 0.1) is 0 Å². The molecule has 0 radical (unpaired) electrons. The molecule has 1 amide bonds. The lowest BCUT2D eigenvalue weighted by Gasteiger charge is -2.08. The molecule has 7 heteroatoms. The summed E-state index contributed by atoms with van der Waals surface area (Å²) in [5, 5.41) is 2.90. The Morgan fingerprint density at radius 1 is 1.17 bits per heavy atom. The minimum atomic E-state index is -0.255. The number of nitrogens with one attached hydrogen (secondary N) is 2. The van der Waals surface area contributed by atoms with Crippen molar-refractivity contribution in [1.82, 2.24) is 29.8 Å². The van der Waals surface area contributed by atoms with Crippen LogP contribution in [0.15, 0.2) is 61.3 Å². The normalized spacial score (nSPS) is 10.8. The maximum Gasteiger partial charge on any atom is 0.272 e. The molecule has 1 aromatic carbocycles. The zero-order valence-corrected chi connectivity index (χ0v) is 12.7. The van der Waals surface area contributed by atoms with Crippen LogP contribution in [0.4, 0.5) is 0 Å². The SMILES string of the molecule is O=C(NCc1ccccc1)c1nc(-n2ccnc2)nc2cc[nH]c12. The first-order chi connectivity index (χ1) is 11.8. The van der Waals surface area contributed by atoms with Gasteiger partial charge in [0.25, 0.3) is 5.91 Å². The van der Waals surface area contributed by atoms with Crippen molar-refractivity contribution in [3.8, 4) is 5.95 Å². The van der Waals surface area contributed by atoms with Crippen molar-refractivity contribution >= 4 is 16.9 Å². The van der Waals surface area contributed by atoms with E-state index in [1.54, 1.807) is 29.5 Å². The van der Waals surface area contributed by atoms with Gasteiger partial charge in [0.2, 0.25) is 5.95 Å². The van der Waals surface area contributed by atoms with Crippen molar-refractivity contribution in [2.24, 2.45) is 0 Å². The Bertz CT molecular complexity index is 975. The summed E-state index contributed by atoms with van der Waals surface area (Å²) >= 11 is 0. The molecule has 0 saturated heterocycles. The summed E-state index contributed by atoms with van der Waals surface area (Å²) in [5.74, 6) is 0.152. The van der Waals surface area contributed by atoms with Crippen LogP contribution in [0.5, 0.6) is 0 Å². The number of benzene rings is 1. The average molecular weight is 318 g/mol. The number of fused-ring (bicyclic) bond motifs is 1. The number of nitrogens with zero attached hydrogens (tertiary/aromatic N) is 4. The minimum Gasteiger partial charge on any atom is -0.358 e. The molecule has 4 rings (SSSR count). The second kappa shape index (κ2) is 5.96. The molecular weight excluding hydrogens is 304 g/mol. The highest BCUT2D eigenvalue weighted by molar-refractivity contribution is 6.03. The molecule has 118 valence electrons. The zero-order valence-electron chi connectivity index (χ0n) is 12.7. The first-order valence-electron chi connectivity index (χ1n) is 7.47. The van der Waals surface area contributed by atoms with E-state index in [0.717, 1.165) is 5.56 Å². The monoisotopic (exact) mass is 318 g/mol. The summed E-state index contributed by atoms with van der Waals surface area (Å²) in [6.45, 7) is 0.437. The van der Waals surface area contributed by atoms with Crippen molar-refractivity contribution in [1.29, 1.82) is 0 Å². The standard InChI is InChI=1S/C17H14N6O/c24-16(20-10-12-4-2-1-3-5-12)15-14-13(6-7-19-14)21-17(22-15)23-9-8-18-11-23/h1-9,11,19H,10H2,(H,20,24). The Morgan fingerprint density at radius 3 is 2.83 bits per heavy atom. The second-order valence-corrected chi connectivity index (χ2v) is 5.25. The molecule has 0 atom stereocenters. The van der Waals surface area contributed by atoms with Crippen molar-refractivity contribution in [3.63, 3.8) is 0 Å². The maximum atomic E-state index is 12.6. The average Bonchev–Trinajstić information content (AvgIpc) is 3.30. The minimum absolute atomic E-state index is 0.255. The van der Waals surface area contributed by atoms with Gasteiger partial charge in [0.05, 0.1) is 11.0 Å². The van der Waals surface area contributed by atoms with Crippen LogP contribution in [0.1, 0.15) is 16.1 Å². The van der Waals surface area contributed by atoms with E-state index in [9.17, 15) is 4.79 Å². The fourth-order valence-corrected chi connectivity index (χ4v) is 2.45. The summed E-state index contributed by atoms with van der Waals surface area (Å²) in [6, 6.07) is 11.5. The summed E-state index contributed by atoms with van der Waals surface area (Å²) < 4.78 is 1.67. The molecule has 0 spiro atoms. The molecule has 3 aromatic heterocycles. The Hall–Kier alpha value is -3.48. The van der Waals surface area contributed by atoms with Gasteiger partial charge in [0, 0.05) is 25.1 Å². The van der Waals surface area contributed by atoms with Gasteiger partial charge in [-0.2, -0.15) is 0 Å². The van der Waals surface area contributed by atoms with E-state index in [1.165, 1.54) is 0 Å². The fraction of sp³-hybridized carbons (Fsp3) is 0.0588. The summed E-state index contributed by atoms with van der Waals surface area (Å²) in [4.78, 5) is 28.5. The van der Waals surface area contributed by atoms with Gasteiger partial charge in [-0.25, -0.2) is 15.0 Å². The zero-order chi connectivity index (χ0) is 16.4.